The molecule has 28 heavy (non-hydrogen) atoms. The Labute approximate surface area is 159 Å². The van der Waals surface area contributed by atoms with Crippen LogP contribution in [0.4, 0.5) is 13.2 Å². The first kappa shape index (κ1) is 19.5. The fraction of sp³-hybridized carbons (Fsp3) is 0.278. The molecule has 148 valence electrons. The summed E-state index contributed by atoms with van der Waals surface area (Å²) >= 11 is 0. The molecule has 7 nitrogen and oxygen atoms in total. The summed E-state index contributed by atoms with van der Waals surface area (Å²) in [6.07, 6.45) is -2.50. The van der Waals surface area contributed by atoms with Gasteiger partial charge in [-0.25, -0.2) is 0 Å². The van der Waals surface area contributed by atoms with Crippen LogP contribution in [0.25, 0.3) is 5.65 Å². The zero-order chi connectivity index (χ0) is 20.0. The van der Waals surface area contributed by atoms with E-state index in [-0.39, 0.29) is 5.75 Å². The molecule has 0 aliphatic rings. The lowest BCUT2D eigenvalue weighted by atomic mass is 10.2. The van der Waals surface area contributed by atoms with Crippen LogP contribution in [-0.4, -0.2) is 40.4 Å². The van der Waals surface area contributed by atoms with Crippen molar-refractivity contribution in [3.8, 4) is 5.75 Å². The van der Waals surface area contributed by atoms with Crippen molar-refractivity contribution in [1.29, 1.82) is 0 Å². The summed E-state index contributed by atoms with van der Waals surface area (Å²) in [7, 11) is 1.63. The molecular formula is C18H19F3N6O. The fourth-order valence-electron chi connectivity index (χ4n) is 2.49. The first-order valence-corrected chi connectivity index (χ1v) is 8.46. The number of hydrogen-bond acceptors (Lipinski definition) is 4. The first-order valence-electron chi connectivity index (χ1n) is 8.46. The van der Waals surface area contributed by atoms with E-state index in [1.165, 1.54) is 6.07 Å². The van der Waals surface area contributed by atoms with Gasteiger partial charge in [-0.05, 0) is 29.8 Å². The number of ether oxygens (including phenoxy) is 1. The number of halogens is 3. The highest BCUT2D eigenvalue weighted by Gasteiger charge is 2.28. The summed E-state index contributed by atoms with van der Waals surface area (Å²) in [5.41, 5.74) is 1.51. The minimum atomic E-state index is -4.37. The second-order valence-electron chi connectivity index (χ2n) is 5.88. The van der Waals surface area contributed by atoms with Crippen molar-refractivity contribution >= 4 is 11.6 Å². The average molecular weight is 392 g/mol. The van der Waals surface area contributed by atoms with E-state index in [0.717, 1.165) is 17.0 Å². The molecule has 2 N–H and O–H groups in total. The van der Waals surface area contributed by atoms with Crippen molar-refractivity contribution in [2.24, 2.45) is 4.99 Å². The highest BCUT2D eigenvalue weighted by Crippen LogP contribution is 2.19. The minimum absolute atomic E-state index is 0.162. The van der Waals surface area contributed by atoms with Gasteiger partial charge < -0.3 is 15.4 Å². The van der Waals surface area contributed by atoms with E-state index < -0.39 is 12.8 Å². The summed E-state index contributed by atoms with van der Waals surface area (Å²) in [6.45, 7) is -0.553. The van der Waals surface area contributed by atoms with Gasteiger partial charge in [-0.2, -0.15) is 13.2 Å². The molecule has 0 bridgehead atoms. The summed E-state index contributed by atoms with van der Waals surface area (Å²) in [4.78, 5) is 4.13. The Kier molecular flexibility index (Phi) is 5.97. The van der Waals surface area contributed by atoms with Gasteiger partial charge in [0.1, 0.15) is 5.75 Å². The van der Waals surface area contributed by atoms with Crippen LogP contribution in [0.2, 0.25) is 0 Å². The Morgan fingerprint density at radius 2 is 1.93 bits per heavy atom. The maximum Gasteiger partial charge on any atom is 0.422 e. The number of fused-ring (bicyclic) bond motifs is 1. The number of nitrogens with one attached hydrogen (secondary N) is 2. The van der Waals surface area contributed by atoms with E-state index in [1.54, 1.807) is 25.2 Å². The monoisotopic (exact) mass is 392 g/mol. The maximum absolute atomic E-state index is 12.3. The molecule has 3 rings (SSSR count). The number of guanidine groups is 1. The molecule has 0 unspecified atom stereocenters. The molecule has 0 amide bonds. The third kappa shape index (κ3) is 5.35. The number of hydrogen-bond donors (Lipinski definition) is 2. The first-order chi connectivity index (χ1) is 13.4. The molecule has 0 saturated carbocycles. The number of aromatic nitrogens is 3. The normalized spacial score (nSPS) is 12.2. The molecular weight excluding hydrogens is 373 g/mol. The lowest BCUT2D eigenvalue weighted by Gasteiger charge is -2.13. The highest BCUT2D eigenvalue weighted by atomic mass is 19.4. The lowest BCUT2D eigenvalue weighted by Crippen LogP contribution is -2.36. The van der Waals surface area contributed by atoms with Crippen molar-refractivity contribution in [3.63, 3.8) is 0 Å². The van der Waals surface area contributed by atoms with Crippen LogP contribution in [0.1, 0.15) is 11.4 Å². The van der Waals surface area contributed by atoms with E-state index in [0.29, 0.717) is 19.0 Å². The predicted octanol–water partition coefficient (Wildman–Crippen LogP) is 2.54. The molecule has 2 aromatic heterocycles. The molecule has 0 fully saturated rings. The van der Waals surface area contributed by atoms with Crippen LogP contribution in [0.5, 0.6) is 5.75 Å². The largest absolute Gasteiger partial charge is 0.484 e. The Bertz CT molecular complexity index is 954. The van der Waals surface area contributed by atoms with Gasteiger partial charge in [0.25, 0.3) is 0 Å². The van der Waals surface area contributed by atoms with E-state index in [1.807, 2.05) is 28.8 Å². The Morgan fingerprint density at radius 1 is 1.11 bits per heavy atom. The van der Waals surface area contributed by atoms with Gasteiger partial charge in [-0.3, -0.25) is 9.39 Å². The zero-order valence-corrected chi connectivity index (χ0v) is 15.1. The number of aliphatic imine (C=N–C) groups is 1. The van der Waals surface area contributed by atoms with Crippen molar-refractivity contribution in [1.82, 2.24) is 25.2 Å². The third-order valence-electron chi connectivity index (χ3n) is 3.78. The Balaban J connectivity index is 1.54. The molecule has 0 radical (unpaired) electrons. The molecule has 3 aromatic rings. The van der Waals surface area contributed by atoms with Crippen LogP contribution in [0, 0.1) is 0 Å². The van der Waals surface area contributed by atoms with Crippen molar-refractivity contribution in [3.05, 3.63) is 60.0 Å². The fourth-order valence-corrected chi connectivity index (χ4v) is 2.49. The van der Waals surface area contributed by atoms with Gasteiger partial charge in [0.2, 0.25) is 0 Å². The number of rotatable bonds is 6. The SMILES string of the molecule is CN=C(NCc1cccc(OCC(F)(F)F)c1)NCc1nnc2ccccn12. The molecule has 0 atom stereocenters. The topological polar surface area (TPSA) is 75.8 Å². The Hall–Kier alpha value is -3.30. The van der Waals surface area contributed by atoms with Crippen LogP contribution in [0.15, 0.2) is 53.7 Å². The second-order valence-corrected chi connectivity index (χ2v) is 5.88. The van der Waals surface area contributed by atoms with E-state index in [2.05, 4.69) is 25.8 Å². The van der Waals surface area contributed by atoms with Gasteiger partial charge in [-0.1, -0.05) is 18.2 Å². The second kappa shape index (κ2) is 8.59. The summed E-state index contributed by atoms with van der Waals surface area (Å²) in [6, 6.07) is 12.1. The molecule has 2 heterocycles. The summed E-state index contributed by atoms with van der Waals surface area (Å²) < 4.78 is 43.4. The number of nitrogens with zero attached hydrogens (tertiary/aromatic N) is 4. The average Bonchev–Trinajstić information content (AvgIpc) is 3.10. The van der Waals surface area contributed by atoms with Crippen LogP contribution in [-0.2, 0) is 13.1 Å². The van der Waals surface area contributed by atoms with Gasteiger partial charge in [0.15, 0.2) is 24.0 Å². The molecule has 0 aliphatic heterocycles. The standard InChI is InChI=1S/C18H19F3N6O/c1-22-17(24-11-16-26-25-15-7-2-3-8-27(15)16)23-10-13-5-4-6-14(9-13)28-12-18(19,20)21/h2-9H,10-12H2,1H3,(H2,22,23,24). The Morgan fingerprint density at radius 3 is 2.71 bits per heavy atom. The van der Waals surface area contributed by atoms with Crippen LogP contribution in [0.3, 0.4) is 0 Å². The molecule has 0 spiro atoms. The van der Waals surface area contributed by atoms with Crippen molar-refractivity contribution in [2.45, 2.75) is 19.3 Å². The molecule has 10 heteroatoms. The quantitative estimate of drug-likeness (QED) is 0.498. The number of benzene rings is 1. The van der Waals surface area contributed by atoms with Crippen LogP contribution >= 0.6 is 0 Å². The lowest BCUT2D eigenvalue weighted by molar-refractivity contribution is -0.153. The smallest absolute Gasteiger partial charge is 0.422 e. The number of pyridine rings is 1. The highest BCUT2D eigenvalue weighted by molar-refractivity contribution is 5.79. The van der Waals surface area contributed by atoms with Gasteiger partial charge in [0.05, 0.1) is 6.54 Å². The third-order valence-corrected chi connectivity index (χ3v) is 3.78. The molecule has 1 aromatic carbocycles. The van der Waals surface area contributed by atoms with Gasteiger partial charge in [0, 0.05) is 19.8 Å². The van der Waals surface area contributed by atoms with Gasteiger partial charge >= 0.3 is 6.18 Å². The van der Waals surface area contributed by atoms with E-state index in [4.69, 9.17) is 4.74 Å². The number of alkyl halides is 3. The summed E-state index contributed by atoms with van der Waals surface area (Å²) in [5.74, 6) is 1.41. The minimum Gasteiger partial charge on any atom is -0.484 e. The van der Waals surface area contributed by atoms with Crippen molar-refractivity contribution < 1.29 is 17.9 Å². The van der Waals surface area contributed by atoms with Crippen LogP contribution < -0.4 is 15.4 Å². The maximum atomic E-state index is 12.3. The van der Waals surface area contributed by atoms with E-state index in [9.17, 15) is 13.2 Å². The molecule has 0 aliphatic carbocycles. The zero-order valence-electron chi connectivity index (χ0n) is 15.1. The molecule has 0 saturated heterocycles. The van der Waals surface area contributed by atoms with E-state index >= 15 is 0 Å². The summed E-state index contributed by atoms with van der Waals surface area (Å²) in [5, 5.41) is 14.4. The van der Waals surface area contributed by atoms with Gasteiger partial charge in [-0.15, -0.1) is 10.2 Å². The predicted molar refractivity (Wildman–Crippen MR) is 98.0 cm³/mol. The van der Waals surface area contributed by atoms with Crippen molar-refractivity contribution in [2.75, 3.05) is 13.7 Å².